The Labute approximate surface area is 206 Å². The molecule has 0 radical (unpaired) electrons. The van der Waals surface area contributed by atoms with Crippen molar-refractivity contribution >= 4 is 33.7 Å². The zero-order chi connectivity index (χ0) is 24.6. The molecule has 9 nitrogen and oxygen atoms in total. The van der Waals surface area contributed by atoms with Crippen molar-refractivity contribution in [1.29, 1.82) is 0 Å². The van der Waals surface area contributed by atoms with Gasteiger partial charge in [-0.2, -0.15) is 5.10 Å². The summed E-state index contributed by atoms with van der Waals surface area (Å²) in [5.41, 5.74) is 7.94. The lowest BCUT2D eigenvalue weighted by Crippen LogP contribution is -2.17. The Morgan fingerprint density at radius 1 is 0.889 bits per heavy atom. The first-order valence-corrected chi connectivity index (χ1v) is 11.6. The van der Waals surface area contributed by atoms with Crippen LogP contribution < -0.4 is 5.32 Å². The highest BCUT2D eigenvalue weighted by Crippen LogP contribution is 2.31. The van der Waals surface area contributed by atoms with Crippen molar-refractivity contribution in [3.05, 3.63) is 73.3 Å². The van der Waals surface area contributed by atoms with E-state index in [1.807, 2.05) is 68.6 Å². The average Bonchev–Trinajstić information content (AvgIpc) is 3.53. The topological polar surface area (TPSA) is 125 Å². The van der Waals surface area contributed by atoms with E-state index >= 15 is 0 Å². The predicted molar refractivity (Wildman–Crippen MR) is 139 cm³/mol. The molecule has 1 aromatic carbocycles. The van der Waals surface area contributed by atoms with Crippen molar-refractivity contribution < 1.29 is 4.79 Å². The van der Waals surface area contributed by atoms with Gasteiger partial charge in [0.1, 0.15) is 5.52 Å². The van der Waals surface area contributed by atoms with E-state index in [0.29, 0.717) is 28.4 Å². The van der Waals surface area contributed by atoms with Crippen molar-refractivity contribution in [2.75, 3.05) is 5.32 Å². The van der Waals surface area contributed by atoms with Gasteiger partial charge in [0, 0.05) is 41.2 Å². The van der Waals surface area contributed by atoms with Crippen LogP contribution in [0, 0.1) is 5.92 Å². The summed E-state index contributed by atoms with van der Waals surface area (Å²) in [5, 5.41) is 10.4. The summed E-state index contributed by atoms with van der Waals surface area (Å²) >= 11 is 0. The maximum atomic E-state index is 12.1. The van der Waals surface area contributed by atoms with Crippen molar-refractivity contribution in [1.82, 2.24) is 35.1 Å². The Hall–Kier alpha value is -4.92. The first-order chi connectivity index (χ1) is 17.6. The highest BCUT2D eigenvalue weighted by atomic mass is 16.1. The number of carbonyl (C=O) groups is 1. The zero-order valence-corrected chi connectivity index (χ0v) is 19.6. The van der Waals surface area contributed by atoms with Crippen LogP contribution in [0.15, 0.2) is 73.3 Å². The minimum Gasteiger partial charge on any atom is -0.336 e. The van der Waals surface area contributed by atoms with Crippen LogP contribution in [0.1, 0.15) is 13.8 Å². The molecular formula is C27H22N8O. The summed E-state index contributed by atoms with van der Waals surface area (Å²) in [4.78, 5) is 33.8. The van der Waals surface area contributed by atoms with Gasteiger partial charge in [-0.25, -0.2) is 9.97 Å². The summed E-state index contributed by atoms with van der Waals surface area (Å²) in [6.07, 6.45) is 6.93. The highest BCUT2D eigenvalue weighted by molar-refractivity contribution is 5.96. The maximum absolute atomic E-state index is 12.1. The predicted octanol–water partition coefficient (Wildman–Crippen LogP) is 5.22. The number of aromatic nitrogens is 7. The number of anilines is 1. The Morgan fingerprint density at radius 3 is 2.61 bits per heavy atom. The number of aromatic amines is 2. The summed E-state index contributed by atoms with van der Waals surface area (Å²) in [6.45, 7) is 3.70. The van der Waals surface area contributed by atoms with Gasteiger partial charge in [0.25, 0.3) is 0 Å². The smallest absolute Gasteiger partial charge is 0.226 e. The number of rotatable bonds is 5. The molecule has 6 aromatic rings. The number of para-hydroxylation sites is 1. The molecule has 0 unspecified atom stereocenters. The number of fused-ring (bicyclic) bond motifs is 2. The molecule has 0 saturated carbocycles. The molecule has 36 heavy (non-hydrogen) atoms. The van der Waals surface area contributed by atoms with Crippen molar-refractivity contribution in [2.24, 2.45) is 5.92 Å². The zero-order valence-electron chi connectivity index (χ0n) is 19.6. The molecule has 0 bridgehead atoms. The number of nitrogens with zero attached hydrogens (tertiary/aromatic N) is 5. The number of imidazole rings is 1. The maximum Gasteiger partial charge on any atom is 0.226 e. The molecule has 176 valence electrons. The third-order valence-corrected chi connectivity index (χ3v) is 5.94. The van der Waals surface area contributed by atoms with Gasteiger partial charge < -0.3 is 10.3 Å². The van der Waals surface area contributed by atoms with E-state index in [1.165, 1.54) is 0 Å². The van der Waals surface area contributed by atoms with Crippen LogP contribution in [0.2, 0.25) is 0 Å². The van der Waals surface area contributed by atoms with Gasteiger partial charge in [0.15, 0.2) is 11.5 Å². The number of H-pyrrole nitrogens is 2. The van der Waals surface area contributed by atoms with Gasteiger partial charge in [-0.3, -0.25) is 19.9 Å². The van der Waals surface area contributed by atoms with E-state index in [9.17, 15) is 4.79 Å². The molecule has 5 aromatic heterocycles. The molecule has 0 aliphatic carbocycles. The van der Waals surface area contributed by atoms with Gasteiger partial charge in [-0.1, -0.05) is 32.0 Å². The summed E-state index contributed by atoms with van der Waals surface area (Å²) in [7, 11) is 0. The Bertz CT molecular complexity index is 1720. The molecular weight excluding hydrogens is 452 g/mol. The van der Waals surface area contributed by atoms with Crippen molar-refractivity contribution in [3.8, 4) is 33.9 Å². The Balaban J connectivity index is 1.41. The minimum atomic E-state index is -0.126. The number of hydrogen-bond donors (Lipinski definition) is 3. The van der Waals surface area contributed by atoms with E-state index in [2.05, 4.69) is 30.5 Å². The van der Waals surface area contributed by atoms with E-state index in [1.54, 1.807) is 18.6 Å². The first-order valence-electron chi connectivity index (χ1n) is 11.6. The molecule has 0 atom stereocenters. The number of carbonyl (C=O) groups excluding carboxylic acids is 1. The van der Waals surface area contributed by atoms with Gasteiger partial charge in [-0.15, -0.1) is 0 Å². The summed E-state index contributed by atoms with van der Waals surface area (Å²) in [5.74, 6) is 0.428. The lowest BCUT2D eigenvalue weighted by molar-refractivity contribution is -0.118. The molecule has 0 aliphatic heterocycles. The highest BCUT2D eigenvalue weighted by Gasteiger charge is 2.17. The molecule has 9 heteroatoms. The van der Waals surface area contributed by atoms with Crippen molar-refractivity contribution in [3.63, 3.8) is 0 Å². The lowest BCUT2D eigenvalue weighted by Gasteiger charge is -2.08. The van der Waals surface area contributed by atoms with Gasteiger partial charge in [0.05, 0.1) is 34.1 Å². The SMILES string of the molecule is CC(C)C(=O)Nc1cncc(-c2ccc3[nH]nc(-c4nc5c(-c6cccnc6)cccc5[nH]4)c3n2)c1. The second kappa shape index (κ2) is 8.70. The second-order valence-corrected chi connectivity index (χ2v) is 8.80. The monoisotopic (exact) mass is 474 g/mol. The summed E-state index contributed by atoms with van der Waals surface area (Å²) < 4.78 is 0. The summed E-state index contributed by atoms with van der Waals surface area (Å²) in [6, 6.07) is 15.6. The van der Waals surface area contributed by atoms with Crippen LogP contribution >= 0.6 is 0 Å². The van der Waals surface area contributed by atoms with Crippen LogP contribution in [-0.2, 0) is 4.79 Å². The standard InChI is InChI=1S/C27H22N8O/c1-15(2)27(36)30-18-11-17(13-29-14-18)20-8-9-22-24(31-20)25(35-34-22)26-32-21-7-3-6-19(23(21)33-26)16-5-4-10-28-12-16/h3-15H,1-2H3,(H,30,36)(H,32,33)(H,34,35). The number of pyridine rings is 3. The fourth-order valence-corrected chi connectivity index (χ4v) is 4.06. The van der Waals surface area contributed by atoms with Crippen LogP contribution in [0.4, 0.5) is 5.69 Å². The quantitative estimate of drug-likeness (QED) is 0.315. The van der Waals surface area contributed by atoms with E-state index < -0.39 is 0 Å². The molecule has 6 rings (SSSR count). The van der Waals surface area contributed by atoms with Crippen molar-refractivity contribution in [2.45, 2.75) is 13.8 Å². The number of amides is 1. The fraction of sp³-hybridized carbons (Fsp3) is 0.111. The van der Waals surface area contributed by atoms with Crippen LogP contribution in [0.3, 0.4) is 0 Å². The largest absolute Gasteiger partial charge is 0.336 e. The van der Waals surface area contributed by atoms with Crippen LogP contribution in [0.25, 0.3) is 56.0 Å². The normalized spacial score (nSPS) is 11.4. The van der Waals surface area contributed by atoms with Gasteiger partial charge in [-0.05, 0) is 30.3 Å². The van der Waals surface area contributed by atoms with Gasteiger partial charge in [0.2, 0.25) is 5.91 Å². The Morgan fingerprint density at radius 2 is 1.78 bits per heavy atom. The number of hydrogen-bond acceptors (Lipinski definition) is 6. The van der Waals surface area contributed by atoms with Gasteiger partial charge >= 0.3 is 0 Å². The van der Waals surface area contributed by atoms with Crippen LogP contribution in [0.5, 0.6) is 0 Å². The molecule has 0 spiro atoms. The van der Waals surface area contributed by atoms with E-state index in [-0.39, 0.29) is 11.8 Å². The molecule has 5 heterocycles. The number of benzene rings is 1. The average molecular weight is 475 g/mol. The molecule has 0 fully saturated rings. The number of nitrogens with one attached hydrogen (secondary N) is 3. The first kappa shape index (κ1) is 21.6. The lowest BCUT2D eigenvalue weighted by atomic mass is 10.1. The van der Waals surface area contributed by atoms with E-state index in [4.69, 9.17) is 9.97 Å². The second-order valence-electron chi connectivity index (χ2n) is 8.80. The molecule has 0 saturated heterocycles. The third-order valence-electron chi connectivity index (χ3n) is 5.94. The molecule has 0 aliphatic rings. The van der Waals surface area contributed by atoms with E-state index in [0.717, 1.165) is 33.2 Å². The minimum absolute atomic E-state index is 0.0648. The molecule has 1 amide bonds. The van der Waals surface area contributed by atoms with Crippen LogP contribution in [-0.4, -0.2) is 41.0 Å². The third kappa shape index (κ3) is 3.86. The fourth-order valence-electron chi connectivity index (χ4n) is 4.06. The molecule has 3 N–H and O–H groups in total. The Kier molecular flexibility index (Phi) is 5.22.